The average Bonchev–Trinajstić information content (AvgIpc) is 3.15. The Labute approximate surface area is 172 Å². The molecule has 2 aromatic carbocycles. The Morgan fingerprint density at radius 3 is 2.47 bits per heavy atom. The maximum absolute atomic E-state index is 12.6. The number of hydrogen-bond acceptors (Lipinski definition) is 6. The summed E-state index contributed by atoms with van der Waals surface area (Å²) >= 11 is 0. The Kier molecular flexibility index (Phi) is 5.27. The second-order valence-electron chi connectivity index (χ2n) is 7.16. The fraction of sp³-hybridized carbons (Fsp3) is 0.261. The van der Waals surface area contributed by atoms with E-state index in [1.54, 1.807) is 6.07 Å². The van der Waals surface area contributed by atoms with Gasteiger partial charge in [0, 0.05) is 30.2 Å². The highest BCUT2D eigenvalue weighted by Gasteiger charge is 2.16. The van der Waals surface area contributed by atoms with E-state index in [9.17, 15) is 9.59 Å². The summed E-state index contributed by atoms with van der Waals surface area (Å²) in [5.74, 6) is -0.950. The third-order valence-corrected chi connectivity index (χ3v) is 4.94. The second kappa shape index (κ2) is 8.02. The van der Waals surface area contributed by atoms with Crippen LogP contribution >= 0.6 is 0 Å². The average molecular weight is 406 g/mol. The summed E-state index contributed by atoms with van der Waals surface area (Å²) in [4.78, 5) is 30.4. The number of hydrogen-bond donors (Lipinski definition) is 1. The zero-order valence-electron chi connectivity index (χ0n) is 16.8. The maximum Gasteiger partial charge on any atom is 0.349 e. The van der Waals surface area contributed by atoms with Crippen molar-refractivity contribution in [1.82, 2.24) is 4.98 Å². The van der Waals surface area contributed by atoms with Gasteiger partial charge in [-0.15, -0.1) is 0 Å². The summed E-state index contributed by atoms with van der Waals surface area (Å²) < 4.78 is 11.2. The maximum atomic E-state index is 12.6. The van der Waals surface area contributed by atoms with Crippen molar-refractivity contribution in [3.05, 3.63) is 58.4 Å². The topological polar surface area (TPSA) is 96.8 Å². The van der Waals surface area contributed by atoms with Gasteiger partial charge in [0.25, 0.3) is 0 Å². The van der Waals surface area contributed by atoms with Crippen LogP contribution in [0.3, 0.4) is 0 Å². The van der Waals surface area contributed by atoms with Gasteiger partial charge in [0.1, 0.15) is 16.7 Å². The van der Waals surface area contributed by atoms with Gasteiger partial charge in [0.2, 0.25) is 5.89 Å². The third-order valence-electron chi connectivity index (χ3n) is 4.94. The normalized spacial score (nSPS) is 11.3. The Hall–Kier alpha value is -3.61. The zero-order chi connectivity index (χ0) is 21.3. The van der Waals surface area contributed by atoms with E-state index >= 15 is 0 Å². The van der Waals surface area contributed by atoms with E-state index in [2.05, 4.69) is 23.7 Å². The molecule has 30 heavy (non-hydrogen) atoms. The monoisotopic (exact) mass is 406 g/mol. The molecule has 4 rings (SSSR count). The lowest BCUT2D eigenvalue weighted by atomic mass is 10.1. The largest absolute Gasteiger partial charge is 0.478 e. The predicted octanol–water partition coefficient (Wildman–Crippen LogP) is 4.93. The number of aromatic nitrogens is 1. The lowest BCUT2D eigenvalue weighted by Gasteiger charge is -2.23. The first-order valence-corrected chi connectivity index (χ1v) is 9.97. The summed E-state index contributed by atoms with van der Waals surface area (Å²) in [6, 6.07) is 11.9. The molecular formula is C23H22N2O5. The Morgan fingerprint density at radius 1 is 1.00 bits per heavy atom. The number of anilines is 1. The van der Waals surface area contributed by atoms with Crippen molar-refractivity contribution in [3.63, 3.8) is 0 Å². The number of carbonyl (C=O) groups is 1. The summed E-state index contributed by atoms with van der Waals surface area (Å²) in [5.41, 5.74) is 2.04. The van der Waals surface area contributed by atoms with Crippen molar-refractivity contribution >= 4 is 33.7 Å². The zero-order valence-corrected chi connectivity index (χ0v) is 16.8. The lowest BCUT2D eigenvalue weighted by molar-refractivity contribution is 0.0697. The predicted molar refractivity (Wildman–Crippen MR) is 115 cm³/mol. The van der Waals surface area contributed by atoms with Gasteiger partial charge < -0.3 is 18.8 Å². The van der Waals surface area contributed by atoms with Gasteiger partial charge in [0.15, 0.2) is 5.58 Å². The number of benzene rings is 2. The van der Waals surface area contributed by atoms with E-state index in [1.807, 2.05) is 18.2 Å². The number of carboxylic acid groups (broad SMARTS) is 1. The van der Waals surface area contributed by atoms with Crippen LogP contribution in [0.1, 0.15) is 37.0 Å². The minimum absolute atomic E-state index is 0.101. The van der Waals surface area contributed by atoms with Gasteiger partial charge in [-0.05, 0) is 49.2 Å². The SMILES string of the molecule is CCCN(CCC)c1ccc2cc(-c3nc4cc(C(=O)O)ccc4o3)c(=O)oc2c1. The molecular weight excluding hydrogens is 384 g/mol. The first-order chi connectivity index (χ1) is 14.5. The fourth-order valence-corrected chi connectivity index (χ4v) is 3.53. The van der Waals surface area contributed by atoms with Crippen LogP contribution in [0.5, 0.6) is 0 Å². The van der Waals surface area contributed by atoms with E-state index in [4.69, 9.17) is 13.9 Å². The van der Waals surface area contributed by atoms with Crippen molar-refractivity contribution in [2.45, 2.75) is 26.7 Å². The molecule has 0 aliphatic heterocycles. The van der Waals surface area contributed by atoms with Crippen molar-refractivity contribution in [1.29, 1.82) is 0 Å². The quantitative estimate of drug-likeness (QED) is 0.435. The highest BCUT2D eigenvalue weighted by Crippen LogP contribution is 2.27. The third kappa shape index (κ3) is 3.66. The van der Waals surface area contributed by atoms with Crippen molar-refractivity contribution in [2.75, 3.05) is 18.0 Å². The molecule has 0 radical (unpaired) electrons. The first kappa shape index (κ1) is 19.7. The highest BCUT2D eigenvalue weighted by molar-refractivity contribution is 5.92. The number of aromatic carboxylic acids is 1. The van der Waals surface area contributed by atoms with Crippen LogP contribution in [0, 0.1) is 0 Å². The van der Waals surface area contributed by atoms with E-state index in [0.29, 0.717) is 16.7 Å². The van der Waals surface area contributed by atoms with Crippen LogP contribution in [-0.4, -0.2) is 29.1 Å². The van der Waals surface area contributed by atoms with Crippen molar-refractivity contribution in [3.8, 4) is 11.5 Å². The molecule has 7 heteroatoms. The molecule has 2 aromatic heterocycles. The number of nitrogens with zero attached hydrogens (tertiary/aromatic N) is 2. The van der Waals surface area contributed by atoms with Crippen molar-refractivity contribution in [2.24, 2.45) is 0 Å². The van der Waals surface area contributed by atoms with Crippen LogP contribution in [-0.2, 0) is 0 Å². The molecule has 1 N–H and O–H groups in total. The van der Waals surface area contributed by atoms with Gasteiger partial charge in [-0.3, -0.25) is 0 Å². The van der Waals surface area contributed by atoms with Crippen LogP contribution in [0.15, 0.2) is 56.1 Å². The van der Waals surface area contributed by atoms with Gasteiger partial charge in [-0.2, -0.15) is 0 Å². The van der Waals surface area contributed by atoms with E-state index < -0.39 is 11.6 Å². The molecule has 0 spiro atoms. The van der Waals surface area contributed by atoms with Crippen LogP contribution < -0.4 is 10.5 Å². The molecule has 0 atom stereocenters. The lowest BCUT2D eigenvalue weighted by Crippen LogP contribution is -2.24. The Morgan fingerprint density at radius 2 is 1.77 bits per heavy atom. The van der Waals surface area contributed by atoms with Gasteiger partial charge in [0.05, 0.1) is 5.56 Å². The van der Waals surface area contributed by atoms with Gasteiger partial charge >= 0.3 is 11.6 Å². The van der Waals surface area contributed by atoms with Crippen LogP contribution in [0.2, 0.25) is 0 Å². The van der Waals surface area contributed by atoms with E-state index in [-0.39, 0.29) is 17.0 Å². The standard InChI is InChI=1S/C23H22N2O5/c1-3-9-25(10-4-2)16-7-5-14-11-17(23(28)30-20(14)13-16)21-24-18-12-15(22(26)27)6-8-19(18)29-21/h5-8,11-13H,3-4,9-10H2,1-2H3,(H,26,27). The molecule has 154 valence electrons. The molecule has 4 aromatic rings. The summed E-state index contributed by atoms with van der Waals surface area (Å²) in [5, 5.41) is 9.89. The molecule has 7 nitrogen and oxygen atoms in total. The number of oxazole rings is 1. The summed E-state index contributed by atoms with van der Waals surface area (Å²) in [6.45, 7) is 6.14. The molecule has 0 fully saturated rings. The molecule has 0 bridgehead atoms. The molecule has 0 saturated heterocycles. The van der Waals surface area contributed by atoms with E-state index in [1.165, 1.54) is 18.2 Å². The van der Waals surface area contributed by atoms with Crippen LogP contribution in [0.4, 0.5) is 5.69 Å². The first-order valence-electron chi connectivity index (χ1n) is 9.97. The minimum atomic E-state index is -1.05. The van der Waals surface area contributed by atoms with Gasteiger partial charge in [-0.25, -0.2) is 14.6 Å². The number of fused-ring (bicyclic) bond motifs is 2. The minimum Gasteiger partial charge on any atom is -0.478 e. The fourth-order valence-electron chi connectivity index (χ4n) is 3.53. The highest BCUT2D eigenvalue weighted by atomic mass is 16.4. The summed E-state index contributed by atoms with van der Waals surface area (Å²) in [6.07, 6.45) is 2.06. The van der Waals surface area contributed by atoms with Gasteiger partial charge in [-0.1, -0.05) is 13.8 Å². The van der Waals surface area contributed by atoms with Crippen molar-refractivity contribution < 1.29 is 18.7 Å². The number of rotatable bonds is 7. The number of carboxylic acids is 1. The molecule has 0 unspecified atom stereocenters. The molecule has 0 aliphatic rings. The molecule has 0 amide bonds. The molecule has 0 aliphatic carbocycles. The Bertz CT molecular complexity index is 1280. The van der Waals surface area contributed by atoms with E-state index in [0.717, 1.165) is 37.0 Å². The second-order valence-corrected chi connectivity index (χ2v) is 7.16. The molecule has 2 heterocycles. The van der Waals surface area contributed by atoms with Crippen LogP contribution in [0.25, 0.3) is 33.5 Å². The molecule has 0 saturated carbocycles. The smallest absolute Gasteiger partial charge is 0.349 e. The summed E-state index contributed by atoms with van der Waals surface area (Å²) in [7, 11) is 0. The Balaban J connectivity index is 1.76.